The van der Waals surface area contributed by atoms with E-state index in [4.69, 9.17) is 14.9 Å². The molecule has 0 saturated heterocycles. The van der Waals surface area contributed by atoms with Crippen molar-refractivity contribution in [2.24, 2.45) is 5.92 Å². The number of nitrogen functional groups attached to an aromatic ring is 1. The van der Waals surface area contributed by atoms with Crippen molar-refractivity contribution < 1.29 is 13.9 Å². The fraction of sp³-hybridized carbons (Fsp3) is 0.500. The largest absolute Gasteiger partial charge is 0.461 e. The maximum Gasteiger partial charge on any atom is 0.420 e. The highest BCUT2D eigenvalue weighted by Crippen LogP contribution is 2.26. The van der Waals surface area contributed by atoms with E-state index in [-0.39, 0.29) is 12.6 Å². The molecule has 2 aromatic rings. The van der Waals surface area contributed by atoms with Crippen LogP contribution in [0.25, 0.3) is 11.1 Å². The molecular weight excluding hydrogens is 284 g/mol. The first-order chi connectivity index (χ1) is 10.5. The molecule has 118 valence electrons. The van der Waals surface area contributed by atoms with E-state index in [9.17, 15) is 9.59 Å². The van der Waals surface area contributed by atoms with Crippen molar-refractivity contribution in [2.45, 2.75) is 45.3 Å². The van der Waals surface area contributed by atoms with Crippen LogP contribution in [0, 0.1) is 5.92 Å². The number of carbonyl (C=O) groups is 1. The zero-order valence-electron chi connectivity index (χ0n) is 12.6. The number of fused-ring (bicyclic) bond motifs is 1. The zero-order chi connectivity index (χ0) is 15.7. The topological polar surface area (TPSA) is 87.5 Å². The number of ether oxygens (including phenoxy) is 1. The van der Waals surface area contributed by atoms with Crippen LogP contribution in [0.4, 0.5) is 5.69 Å². The van der Waals surface area contributed by atoms with Gasteiger partial charge in [-0.3, -0.25) is 9.36 Å². The number of para-hydroxylation sites is 1. The molecule has 2 N–H and O–H groups in total. The minimum atomic E-state index is -0.595. The van der Waals surface area contributed by atoms with E-state index in [0.29, 0.717) is 22.7 Å². The third kappa shape index (κ3) is 2.86. The van der Waals surface area contributed by atoms with Crippen LogP contribution in [0.5, 0.6) is 0 Å². The van der Waals surface area contributed by atoms with Crippen LogP contribution in [0.2, 0.25) is 0 Å². The number of hydrogen-bond acceptors (Lipinski definition) is 5. The fourth-order valence-corrected chi connectivity index (χ4v) is 2.99. The smallest absolute Gasteiger partial charge is 0.420 e. The number of oxazole rings is 1. The molecule has 6 heteroatoms. The molecule has 6 nitrogen and oxygen atoms in total. The van der Waals surface area contributed by atoms with Gasteiger partial charge in [0.1, 0.15) is 18.2 Å². The van der Waals surface area contributed by atoms with Crippen molar-refractivity contribution in [3.8, 4) is 0 Å². The van der Waals surface area contributed by atoms with E-state index >= 15 is 0 Å². The third-order valence-corrected chi connectivity index (χ3v) is 4.27. The molecule has 0 aliphatic heterocycles. The average Bonchev–Trinajstić information content (AvgIpc) is 2.79. The highest BCUT2D eigenvalue weighted by Gasteiger charge is 2.23. The molecule has 0 bridgehead atoms. The van der Waals surface area contributed by atoms with Gasteiger partial charge in [0.25, 0.3) is 0 Å². The van der Waals surface area contributed by atoms with Gasteiger partial charge in [0, 0.05) is 0 Å². The summed E-state index contributed by atoms with van der Waals surface area (Å²) in [5.41, 5.74) is 7.10. The number of nitrogens with two attached hydrogens (primary N) is 1. The minimum absolute atomic E-state index is 0.0464. The Morgan fingerprint density at radius 2 is 2.09 bits per heavy atom. The average molecular weight is 304 g/mol. The molecule has 22 heavy (non-hydrogen) atoms. The molecule has 1 fully saturated rings. The lowest BCUT2D eigenvalue weighted by molar-refractivity contribution is -0.151. The molecule has 1 aliphatic rings. The molecule has 1 aliphatic carbocycles. The number of benzene rings is 1. The standard InChI is InChI=1S/C16H20N2O4/c1-10-5-7-11(8-6-10)21-14(19)9-18-15-12(17)3-2-4-13(15)22-16(18)20/h2-4,10-11H,5-9,17H2,1H3. The summed E-state index contributed by atoms with van der Waals surface area (Å²) in [6.07, 6.45) is 3.86. The van der Waals surface area contributed by atoms with Gasteiger partial charge in [-0.05, 0) is 43.7 Å². The highest BCUT2D eigenvalue weighted by atomic mass is 16.5. The SMILES string of the molecule is CC1CCC(OC(=O)Cn2c(=O)oc3cccc(N)c32)CC1. The van der Waals surface area contributed by atoms with Crippen molar-refractivity contribution in [2.75, 3.05) is 5.73 Å². The van der Waals surface area contributed by atoms with E-state index < -0.39 is 11.7 Å². The Balaban J connectivity index is 1.74. The molecule has 3 rings (SSSR count). The van der Waals surface area contributed by atoms with Crippen molar-refractivity contribution in [1.29, 1.82) is 0 Å². The molecule has 0 unspecified atom stereocenters. The van der Waals surface area contributed by atoms with Crippen molar-refractivity contribution in [3.63, 3.8) is 0 Å². The summed E-state index contributed by atoms with van der Waals surface area (Å²) in [5, 5.41) is 0. The van der Waals surface area contributed by atoms with Gasteiger partial charge in [0.05, 0.1) is 5.69 Å². The van der Waals surface area contributed by atoms with Crippen molar-refractivity contribution in [3.05, 3.63) is 28.7 Å². The maximum atomic E-state index is 12.1. The Morgan fingerprint density at radius 1 is 1.36 bits per heavy atom. The molecule has 1 aromatic carbocycles. The number of carbonyl (C=O) groups excluding carboxylic acids is 1. The molecule has 0 atom stereocenters. The fourth-order valence-electron chi connectivity index (χ4n) is 2.99. The van der Waals surface area contributed by atoms with Crippen LogP contribution < -0.4 is 11.5 Å². The number of aromatic nitrogens is 1. The summed E-state index contributed by atoms with van der Waals surface area (Å²) >= 11 is 0. The normalized spacial score (nSPS) is 21.9. The van der Waals surface area contributed by atoms with Gasteiger partial charge in [0.2, 0.25) is 0 Å². The number of nitrogens with zero attached hydrogens (tertiary/aromatic N) is 1. The van der Waals surface area contributed by atoms with E-state index in [1.165, 1.54) is 4.57 Å². The van der Waals surface area contributed by atoms with E-state index in [2.05, 4.69) is 6.92 Å². The number of anilines is 1. The molecule has 0 amide bonds. The van der Waals surface area contributed by atoms with Crippen molar-refractivity contribution >= 4 is 22.8 Å². The van der Waals surface area contributed by atoms with Crippen LogP contribution in [-0.2, 0) is 16.1 Å². The summed E-state index contributed by atoms with van der Waals surface area (Å²) in [4.78, 5) is 24.0. The number of rotatable bonds is 3. The molecule has 1 saturated carbocycles. The zero-order valence-corrected chi connectivity index (χ0v) is 12.6. The van der Waals surface area contributed by atoms with Crippen LogP contribution >= 0.6 is 0 Å². The van der Waals surface area contributed by atoms with Gasteiger partial charge in [-0.25, -0.2) is 4.79 Å². The van der Waals surface area contributed by atoms with E-state index in [0.717, 1.165) is 25.7 Å². The number of hydrogen-bond donors (Lipinski definition) is 1. The van der Waals surface area contributed by atoms with Gasteiger partial charge >= 0.3 is 11.7 Å². The molecule has 1 aromatic heterocycles. The Morgan fingerprint density at radius 3 is 2.82 bits per heavy atom. The van der Waals surface area contributed by atoms with Gasteiger partial charge < -0.3 is 14.9 Å². The Hall–Kier alpha value is -2.24. The molecule has 1 heterocycles. The summed E-state index contributed by atoms with van der Waals surface area (Å²) in [7, 11) is 0. The van der Waals surface area contributed by atoms with Gasteiger partial charge in [-0.15, -0.1) is 0 Å². The van der Waals surface area contributed by atoms with Crippen molar-refractivity contribution in [1.82, 2.24) is 4.57 Å². The lowest BCUT2D eigenvalue weighted by Gasteiger charge is -2.25. The van der Waals surface area contributed by atoms with Crippen LogP contribution in [0.3, 0.4) is 0 Å². The Bertz CT molecular complexity index is 738. The molecule has 0 spiro atoms. The second-order valence-electron chi connectivity index (χ2n) is 6.02. The monoisotopic (exact) mass is 304 g/mol. The van der Waals surface area contributed by atoms with Gasteiger partial charge in [0.15, 0.2) is 5.58 Å². The lowest BCUT2D eigenvalue weighted by atomic mass is 9.89. The van der Waals surface area contributed by atoms with Gasteiger partial charge in [-0.2, -0.15) is 0 Å². The predicted octanol–water partition coefficient (Wildman–Crippen LogP) is 2.30. The minimum Gasteiger partial charge on any atom is -0.461 e. The van der Waals surface area contributed by atoms with E-state index in [1.807, 2.05) is 0 Å². The van der Waals surface area contributed by atoms with Crippen LogP contribution in [0.1, 0.15) is 32.6 Å². The second kappa shape index (κ2) is 5.87. The summed E-state index contributed by atoms with van der Waals surface area (Å²) < 4.78 is 11.8. The van der Waals surface area contributed by atoms with E-state index in [1.54, 1.807) is 18.2 Å². The first-order valence-electron chi connectivity index (χ1n) is 7.62. The Labute approximate surface area is 127 Å². The van der Waals surface area contributed by atoms with Gasteiger partial charge in [-0.1, -0.05) is 13.0 Å². The maximum absolute atomic E-state index is 12.1. The number of esters is 1. The van der Waals surface area contributed by atoms with Crippen LogP contribution in [0.15, 0.2) is 27.4 Å². The second-order valence-corrected chi connectivity index (χ2v) is 6.02. The quantitative estimate of drug-likeness (QED) is 0.694. The summed E-state index contributed by atoms with van der Waals surface area (Å²) in [6, 6.07) is 5.02. The van der Waals surface area contributed by atoms with Crippen LogP contribution in [-0.4, -0.2) is 16.6 Å². The summed E-state index contributed by atoms with van der Waals surface area (Å²) in [5.74, 6) is -0.329. The third-order valence-electron chi connectivity index (χ3n) is 4.27. The summed E-state index contributed by atoms with van der Waals surface area (Å²) in [6.45, 7) is 2.03. The molecular formula is C16H20N2O4. The predicted molar refractivity (Wildman–Crippen MR) is 82.4 cm³/mol. The molecule has 0 radical (unpaired) electrons. The first-order valence-corrected chi connectivity index (χ1v) is 7.62. The lowest BCUT2D eigenvalue weighted by Crippen LogP contribution is -2.28. The first kappa shape index (κ1) is 14.7. The highest BCUT2D eigenvalue weighted by molar-refractivity contribution is 5.86. The Kier molecular flexibility index (Phi) is 3.92.